The Morgan fingerprint density at radius 2 is 1.54 bits per heavy atom. The molecule has 0 heterocycles. The zero-order valence-corrected chi connectivity index (χ0v) is 14.1. The first kappa shape index (κ1) is 20.1. The molecule has 2 rings (SSSR count). The maximum Gasteiger partial charge on any atom is 0.573 e. The van der Waals surface area contributed by atoms with Crippen molar-refractivity contribution in [2.75, 3.05) is 10.6 Å². The maximum absolute atomic E-state index is 12.8. The summed E-state index contributed by atoms with van der Waals surface area (Å²) in [6.45, 7) is 0. The number of alkyl halides is 6. The summed E-state index contributed by atoms with van der Waals surface area (Å²) in [4.78, 5) is 0. The van der Waals surface area contributed by atoms with Gasteiger partial charge in [-0.1, -0.05) is 17.7 Å². The average molecular weight is 415 g/mol. The van der Waals surface area contributed by atoms with Crippen molar-refractivity contribution in [2.24, 2.45) is 0 Å². The molecule has 0 unspecified atom stereocenters. The third kappa shape index (κ3) is 5.95. The molecule has 0 fully saturated rings. The standard InChI is InChI=1S/C15H9ClF6N2OS/c16-12-5-4-9(7-11(12)14(17,18)19)24-13(26)23-8-2-1-3-10(6-8)25-15(20,21)22/h1-7H,(H2,23,24,26). The summed E-state index contributed by atoms with van der Waals surface area (Å²) < 4.78 is 78.9. The fourth-order valence-electron chi connectivity index (χ4n) is 1.88. The molecule has 3 nitrogen and oxygen atoms in total. The first-order valence-corrected chi connectivity index (χ1v) is 7.53. The quantitative estimate of drug-likeness (QED) is 0.472. The number of nitrogens with one attached hydrogen (secondary N) is 2. The SMILES string of the molecule is FC(F)(F)Oc1cccc(NC(=S)Nc2ccc(Cl)c(C(F)(F)F)c2)c1. The Kier molecular flexibility index (Phi) is 5.87. The summed E-state index contributed by atoms with van der Waals surface area (Å²) in [6, 6.07) is 7.89. The second-order valence-electron chi connectivity index (χ2n) is 4.85. The topological polar surface area (TPSA) is 33.3 Å². The van der Waals surface area contributed by atoms with Crippen LogP contribution in [0.5, 0.6) is 5.75 Å². The fourth-order valence-corrected chi connectivity index (χ4v) is 2.35. The summed E-state index contributed by atoms with van der Waals surface area (Å²) in [7, 11) is 0. The number of halogens is 7. The molecule has 0 aromatic heterocycles. The van der Waals surface area contributed by atoms with E-state index >= 15 is 0 Å². The van der Waals surface area contributed by atoms with Crippen molar-refractivity contribution in [3.8, 4) is 5.75 Å². The second kappa shape index (κ2) is 7.58. The zero-order chi connectivity index (χ0) is 19.5. The molecule has 0 aliphatic rings. The molecule has 26 heavy (non-hydrogen) atoms. The summed E-state index contributed by atoms with van der Waals surface area (Å²) in [5, 5.41) is 4.44. The van der Waals surface area contributed by atoms with Gasteiger partial charge in [-0.3, -0.25) is 0 Å². The van der Waals surface area contributed by atoms with Crippen molar-refractivity contribution in [1.29, 1.82) is 0 Å². The summed E-state index contributed by atoms with van der Waals surface area (Å²) in [5.41, 5.74) is -0.899. The molecule has 140 valence electrons. The minimum atomic E-state index is -4.85. The first-order valence-electron chi connectivity index (χ1n) is 6.74. The third-order valence-electron chi connectivity index (χ3n) is 2.86. The second-order valence-corrected chi connectivity index (χ2v) is 5.66. The highest BCUT2D eigenvalue weighted by Gasteiger charge is 2.33. The largest absolute Gasteiger partial charge is 0.573 e. The number of hydrogen-bond donors (Lipinski definition) is 2. The van der Waals surface area contributed by atoms with Gasteiger partial charge in [-0.15, -0.1) is 13.2 Å². The van der Waals surface area contributed by atoms with Gasteiger partial charge >= 0.3 is 12.5 Å². The van der Waals surface area contributed by atoms with Crippen LogP contribution in [-0.4, -0.2) is 11.5 Å². The molecule has 0 spiro atoms. The Hall–Kier alpha value is -2.20. The Labute approximate surface area is 153 Å². The Balaban J connectivity index is 2.09. The fraction of sp³-hybridized carbons (Fsp3) is 0.133. The summed E-state index contributed by atoms with van der Waals surface area (Å²) in [5.74, 6) is -0.476. The van der Waals surface area contributed by atoms with Crippen LogP contribution >= 0.6 is 23.8 Å². The van der Waals surface area contributed by atoms with Crippen LogP contribution in [-0.2, 0) is 6.18 Å². The zero-order valence-electron chi connectivity index (χ0n) is 12.5. The number of benzene rings is 2. The van der Waals surface area contributed by atoms with Crippen LogP contribution in [0.1, 0.15) is 5.56 Å². The summed E-state index contributed by atoms with van der Waals surface area (Å²) >= 11 is 10.5. The Bertz CT molecular complexity index is 809. The van der Waals surface area contributed by atoms with Gasteiger partial charge in [0, 0.05) is 17.4 Å². The van der Waals surface area contributed by atoms with Crippen LogP contribution in [0.4, 0.5) is 37.7 Å². The van der Waals surface area contributed by atoms with Gasteiger partial charge in [0.15, 0.2) is 5.11 Å². The van der Waals surface area contributed by atoms with E-state index in [4.69, 9.17) is 23.8 Å². The van der Waals surface area contributed by atoms with Gasteiger partial charge in [0.25, 0.3) is 0 Å². The predicted molar refractivity (Wildman–Crippen MR) is 89.4 cm³/mol. The van der Waals surface area contributed by atoms with E-state index in [1.54, 1.807) is 0 Å². The third-order valence-corrected chi connectivity index (χ3v) is 3.39. The number of ether oxygens (including phenoxy) is 1. The van der Waals surface area contributed by atoms with Gasteiger partial charge in [0.1, 0.15) is 5.75 Å². The van der Waals surface area contributed by atoms with Crippen molar-refractivity contribution < 1.29 is 31.1 Å². The molecule has 2 aromatic carbocycles. The molecule has 2 N–H and O–H groups in total. The number of rotatable bonds is 3. The minimum Gasteiger partial charge on any atom is -0.406 e. The van der Waals surface area contributed by atoms with Crippen molar-refractivity contribution in [3.63, 3.8) is 0 Å². The molecule has 0 aliphatic carbocycles. The lowest BCUT2D eigenvalue weighted by molar-refractivity contribution is -0.274. The summed E-state index contributed by atoms with van der Waals surface area (Å²) in [6.07, 6.45) is -9.50. The van der Waals surface area contributed by atoms with Crippen LogP contribution in [0.25, 0.3) is 0 Å². The molecule has 0 amide bonds. The lowest BCUT2D eigenvalue weighted by atomic mass is 10.2. The van der Waals surface area contributed by atoms with Gasteiger partial charge in [-0.25, -0.2) is 0 Å². The van der Waals surface area contributed by atoms with Gasteiger partial charge in [0.05, 0.1) is 10.6 Å². The highest BCUT2D eigenvalue weighted by atomic mass is 35.5. The predicted octanol–water partition coefficient (Wildman–Crippen LogP) is 6.07. The maximum atomic E-state index is 12.8. The van der Waals surface area contributed by atoms with Crippen LogP contribution in [0.3, 0.4) is 0 Å². The van der Waals surface area contributed by atoms with E-state index in [2.05, 4.69) is 15.4 Å². The molecule has 0 radical (unpaired) electrons. The molecule has 0 saturated carbocycles. The lowest BCUT2D eigenvalue weighted by Gasteiger charge is -2.14. The Morgan fingerprint density at radius 3 is 2.12 bits per heavy atom. The van der Waals surface area contributed by atoms with Crippen LogP contribution in [0.15, 0.2) is 42.5 Å². The van der Waals surface area contributed by atoms with E-state index in [0.717, 1.165) is 24.3 Å². The molecule has 0 aliphatic heterocycles. The van der Waals surface area contributed by atoms with Crippen molar-refractivity contribution in [3.05, 3.63) is 53.1 Å². The Morgan fingerprint density at radius 1 is 0.923 bits per heavy atom. The number of anilines is 2. The molecular weight excluding hydrogens is 406 g/mol. The lowest BCUT2D eigenvalue weighted by Crippen LogP contribution is -2.20. The normalized spacial score (nSPS) is 11.8. The molecule has 11 heteroatoms. The van der Waals surface area contributed by atoms with Crippen LogP contribution in [0, 0.1) is 0 Å². The van der Waals surface area contributed by atoms with E-state index in [1.165, 1.54) is 18.2 Å². The molecule has 2 aromatic rings. The van der Waals surface area contributed by atoms with E-state index in [9.17, 15) is 26.3 Å². The van der Waals surface area contributed by atoms with Crippen LogP contribution < -0.4 is 15.4 Å². The highest BCUT2D eigenvalue weighted by molar-refractivity contribution is 7.80. The van der Waals surface area contributed by atoms with Gasteiger partial charge in [-0.2, -0.15) is 13.2 Å². The first-order chi connectivity index (χ1) is 11.9. The van der Waals surface area contributed by atoms with Crippen molar-refractivity contribution >= 4 is 40.3 Å². The van der Waals surface area contributed by atoms with Gasteiger partial charge in [-0.05, 0) is 42.5 Å². The van der Waals surface area contributed by atoms with Crippen molar-refractivity contribution in [1.82, 2.24) is 0 Å². The van der Waals surface area contributed by atoms with E-state index in [1.807, 2.05) is 0 Å². The molecule has 0 atom stereocenters. The molecule has 0 saturated heterocycles. The minimum absolute atomic E-state index is 0.00178. The number of hydrogen-bond acceptors (Lipinski definition) is 2. The van der Waals surface area contributed by atoms with Gasteiger partial charge in [0.2, 0.25) is 0 Å². The molecule has 0 bridgehead atoms. The van der Waals surface area contributed by atoms with Crippen LogP contribution in [0.2, 0.25) is 5.02 Å². The van der Waals surface area contributed by atoms with E-state index < -0.39 is 28.9 Å². The monoisotopic (exact) mass is 414 g/mol. The smallest absolute Gasteiger partial charge is 0.406 e. The number of thiocarbonyl (C=S) groups is 1. The van der Waals surface area contributed by atoms with E-state index in [0.29, 0.717) is 0 Å². The van der Waals surface area contributed by atoms with Crippen molar-refractivity contribution in [2.45, 2.75) is 12.5 Å². The molecular formula is C15H9ClF6N2OS. The average Bonchev–Trinajstić information content (AvgIpc) is 2.46. The highest BCUT2D eigenvalue weighted by Crippen LogP contribution is 2.36. The van der Waals surface area contributed by atoms with Gasteiger partial charge < -0.3 is 15.4 Å². The van der Waals surface area contributed by atoms with E-state index in [-0.39, 0.29) is 16.5 Å².